The number of carbonyl (C=O) groups excluding carboxylic acids is 2. The highest BCUT2D eigenvalue weighted by Crippen LogP contribution is 2.07. The van der Waals surface area contributed by atoms with Crippen molar-refractivity contribution in [3.8, 4) is 0 Å². The molecule has 0 bridgehead atoms. The van der Waals surface area contributed by atoms with Gasteiger partial charge in [0.05, 0.1) is 5.69 Å². The molecule has 7 nitrogen and oxygen atoms in total. The van der Waals surface area contributed by atoms with E-state index < -0.39 is 5.91 Å². The number of hydrogen-bond donors (Lipinski definition) is 3. The summed E-state index contributed by atoms with van der Waals surface area (Å²) in [7, 11) is 1.50. The van der Waals surface area contributed by atoms with E-state index in [1.807, 2.05) is 0 Å². The average Bonchev–Trinajstić information content (AvgIpc) is 2.46. The Labute approximate surface area is 80.1 Å². The molecule has 0 atom stereocenters. The fraction of sp³-hybridized carbons (Fsp3) is 0.286. The Morgan fingerprint density at radius 1 is 1.64 bits per heavy atom. The number of amides is 2. The molecular formula is C7H11N5O2. The molecule has 0 aliphatic rings. The zero-order valence-electron chi connectivity index (χ0n) is 7.65. The minimum absolute atomic E-state index is 0.00792. The lowest BCUT2D eigenvalue weighted by atomic mass is 10.4. The molecule has 1 aromatic rings. The van der Waals surface area contributed by atoms with Gasteiger partial charge >= 0.3 is 0 Å². The van der Waals surface area contributed by atoms with Crippen molar-refractivity contribution < 1.29 is 9.59 Å². The fourth-order valence-corrected chi connectivity index (χ4v) is 0.935. The third-order valence-corrected chi connectivity index (χ3v) is 1.61. The van der Waals surface area contributed by atoms with Crippen LogP contribution in [0.15, 0.2) is 6.20 Å². The summed E-state index contributed by atoms with van der Waals surface area (Å²) >= 11 is 0. The van der Waals surface area contributed by atoms with Crippen LogP contribution in [0.1, 0.15) is 10.5 Å². The number of anilines is 1. The highest BCUT2D eigenvalue weighted by molar-refractivity contribution is 5.95. The Kier molecular flexibility index (Phi) is 2.70. The van der Waals surface area contributed by atoms with Gasteiger partial charge in [0.1, 0.15) is 6.54 Å². The van der Waals surface area contributed by atoms with Gasteiger partial charge in [0, 0.05) is 13.2 Å². The van der Waals surface area contributed by atoms with E-state index in [9.17, 15) is 9.59 Å². The van der Waals surface area contributed by atoms with Crippen molar-refractivity contribution in [3.63, 3.8) is 0 Å². The molecule has 76 valence electrons. The summed E-state index contributed by atoms with van der Waals surface area (Å²) in [4.78, 5) is 21.7. The Hall–Kier alpha value is -2.05. The molecule has 1 rings (SSSR count). The summed E-state index contributed by atoms with van der Waals surface area (Å²) in [5.74, 6) is -0.943. The van der Waals surface area contributed by atoms with Gasteiger partial charge in [0.2, 0.25) is 5.91 Å². The number of likely N-dealkylation sites (N-methyl/N-ethyl adjacent to an activating group) is 1. The fourth-order valence-electron chi connectivity index (χ4n) is 0.935. The van der Waals surface area contributed by atoms with Crippen LogP contribution >= 0.6 is 0 Å². The van der Waals surface area contributed by atoms with Gasteiger partial charge in [-0.2, -0.15) is 5.10 Å². The first kappa shape index (κ1) is 10.0. The monoisotopic (exact) mass is 197 g/mol. The Morgan fingerprint density at radius 2 is 2.29 bits per heavy atom. The van der Waals surface area contributed by atoms with Crippen LogP contribution in [-0.4, -0.2) is 28.6 Å². The minimum Gasteiger partial charge on any atom is -0.396 e. The maximum absolute atomic E-state index is 10.9. The van der Waals surface area contributed by atoms with Gasteiger partial charge in [-0.25, -0.2) is 0 Å². The van der Waals surface area contributed by atoms with Crippen molar-refractivity contribution in [2.24, 2.45) is 5.73 Å². The third kappa shape index (κ3) is 2.00. The van der Waals surface area contributed by atoms with Crippen LogP contribution in [0.25, 0.3) is 0 Å². The lowest BCUT2D eigenvalue weighted by Gasteiger charge is -1.98. The second-order valence-corrected chi connectivity index (χ2v) is 2.67. The zero-order chi connectivity index (χ0) is 10.7. The molecule has 0 spiro atoms. The van der Waals surface area contributed by atoms with E-state index in [1.54, 1.807) is 0 Å². The molecule has 0 fully saturated rings. The smallest absolute Gasteiger partial charge is 0.271 e. The predicted molar refractivity (Wildman–Crippen MR) is 49.2 cm³/mol. The van der Waals surface area contributed by atoms with Gasteiger partial charge in [-0.15, -0.1) is 0 Å². The minimum atomic E-state index is -0.710. The Balaban J connectivity index is 2.86. The molecule has 0 aliphatic heterocycles. The first-order valence-electron chi connectivity index (χ1n) is 3.88. The number of carbonyl (C=O) groups is 2. The molecule has 7 heteroatoms. The predicted octanol–water partition coefficient (Wildman–Crippen LogP) is -1.69. The molecule has 0 saturated heterocycles. The molecule has 1 heterocycles. The van der Waals surface area contributed by atoms with Crippen LogP contribution in [0.5, 0.6) is 0 Å². The van der Waals surface area contributed by atoms with E-state index in [0.29, 0.717) is 0 Å². The number of rotatable bonds is 3. The maximum Gasteiger partial charge on any atom is 0.271 e. The lowest BCUT2D eigenvalue weighted by Crippen LogP contribution is -2.24. The van der Waals surface area contributed by atoms with E-state index in [0.717, 1.165) is 0 Å². The number of nitrogen functional groups attached to an aromatic ring is 1. The van der Waals surface area contributed by atoms with Gasteiger partial charge in [0.25, 0.3) is 5.91 Å². The molecule has 0 unspecified atom stereocenters. The van der Waals surface area contributed by atoms with Gasteiger partial charge < -0.3 is 16.8 Å². The van der Waals surface area contributed by atoms with Crippen molar-refractivity contribution in [1.29, 1.82) is 0 Å². The second kappa shape index (κ2) is 3.77. The van der Waals surface area contributed by atoms with Crippen LogP contribution in [-0.2, 0) is 11.3 Å². The normalized spacial score (nSPS) is 9.79. The number of aromatic nitrogens is 2. The lowest BCUT2D eigenvalue weighted by molar-refractivity contribution is -0.121. The number of primary amides is 1. The van der Waals surface area contributed by atoms with Crippen LogP contribution in [0, 0.1) is 0 Å². The topological polar surface area (TPSA) is 116 Å². The summed E-state index contributed by atoms with van der Waals surface area (Å²) in [6.07, 6.45) is 1.38. The third-order valence-electron chi connectivity index (χ3n) is 1.61. The van der Waals surface area contributed by atoms with Crippen molar-refractivity contribution >= 4 is 17.5 Å². The van der Waals surface area contributed by atoms with Crippen molar-refractivity contribution in [2.75, 3.05) is 12.8 Å². The molecule has 0 aromatic carbocycles. The second-order valence-electron chi connectivity index (χ2n) is 2.67. The van der Waals surface area contributed by atoms with Gasteiger partial charge in [-0.05, 0) is 0 Å². The molecule has 0 aliphatic carbocycles. The van der Waals surface area contributed by atoms with E-state index >= 15 is 0 Å². The molecule has 2 amide bonds. The Bertz CT molecular complexity index is 370. The summed E-state index contributed by atoms with van der Waals surface area (Å²) in [5, 5.41) is 6.17. The van der Waals surface area contributed by atoms with Gasteiger partial charge in [-0.3, -0.25) is 14.3 Å². The van der Waals surface area contributed by atoms with Crippen LogP contribution in [0.2, 0.25) is 0 Å². The molecule has 5 N–H and O–H groups in total. The van der Waals surface area contributed by atoms with E-state index in [1.165, 1.54) is 17.9 Å². The zero-order valence-corrected chi connectivity index (χ0v) is 7.65. The molecule has 1 aromatic heterocycles. The van der Waals surface area contributed by atoms with Crippen molar-refractivity contribution in [1.82, 2.24) is 15.1 Å². The molecular weight excluding hydrogens is 186 g/mol. The first-order valence-corrected chi connectivity index (χ1v) is 3.88. The highest BCUT2D eigenvalue weighted by atomic mass is 16.2. The average molecular weight is 197 g/mol. The Morgan fingerprint density at radius 3 is 2.71 bits per heavy atom. The van der Waals surface area contributed by atoms with Crippen LogP contribution in [0.4, 0.5) is 5.69 Å². The highest BCUT2D eigenvalue weighted by Gasteiger charge is 2.12. The van der Waals surface area contributed by atoms with Crippen LogP contribution < -0.4 is 16.8 Å². The van der Waals surface area contributed by atoms with Gasteiger partial charge in [0.15, 0.2) is 5.69 Å². The summed E-state index contributed by atoms with van der Waals surface area (Å²) < 4.78 is 1.26. The van der Waals surface area contributed by atoms with E-state index in [4.69, 9.17) is 11.5 Å². The largest absolute Gasteiger partial charge is 0.396 e. The maximum atomic E-state index is 10.9. The molecule has 14 heavy (non-hydrogen) atoms. The summed E-state index contributed by atoms with van der Waals surface area (Å²) in [5.41, 5.74) is 10.6. The molecule has 0 saturated carbocycles. The van der Waals surface area contributed by atoms with Crippen molar-refractivity contribution in [3.05, 3.63) is 11.9 Å². The first-order chi connectivity index (χ1) is 6.54. The van der Waals surface area contributed by atoms with E-state index in [2.05, 4.69) is 10.4 Å². The SMILES string of the molecule is CNC(=O)Cn1cc(N)c(C(N)=O)n1. The number of hydrogen-bond acceptors (Lipinski definition) is 4. The quantitative estimate of drug-likeness (QED) is 0.536. The number of nitrogens with zero attached hydrogens (tertiary/aromatic N) is 2. The van der Waals surface area contributed by atoms with E-state index in [-0.39, 0.29) is 23.8 Å². The molecule has 0 radical (unpaired) electrons. The number of nitrogens with two attached hydrogens (primary N) is 2. The van der Waals surface area contributed by atoms with Crippen LogP contribution in [0.3, 0.4) is 0 Å². The number of nitrogens with one attached hydrogen (secondary N) is 1. The summed E-state index contributed by atoms with van der Waals surface area (Å²) in [6, 6.07) is 0. The standard InChI is InChI=1S/C7H11N5O2/c1-10-5(13)3-12-2-4(8)6(11-12)7(9)14/h2H,3,8H2,1H3,(H2,9,14)(H,10,13). The van der Waals surface area contributed by atoms with Gasteiger partial charge in [-0.1, -0.05) is 0 Å². The summed E-state index contributed by atoms with van der Waals surface area (Å²) in [6.45, 7) is 0.00792. The van der Waals surface area contributed by atoms with Crippen molar-refractivity contribution in [2.45, 2.75) is 6.54 Å².